The Labute approximate surface area is 133 Å². The van der Waals surface area contributed by atoms with Crippen molar-refractivity contribution < 1.29 is 4.74 Å². The zero-order valence-corrected chi connectivity index (χ0v) is 13.4. The van der Waals surface area contributed by atoms with Crippen molar-refractivity contribution in [1.82, 2.24) is 15.2 Å². The Bertz CT molecular complexity index is 588. The minimum absolute atomic E-state index is 0.0780. The lowest BCUT2D eigenvalue weighted by molar-refractivity contribution is 0.164. The van der Waals surface area contributed by atoms with Crippen LogP contribution in [0.1, 0.15) is 22.7 Å². The molecule has 3 heterocycles. The highest BCUT2D eigenvalue weighted by atomic mass is 32.1. The number of nitrogens with zero attached hydrogens (tertiary/aromatic N) is 2. The van der Waals surface area contributed by atoms with Gasteiger partial charge in [0.25, 0.3) is 0 Å². The number of nitrogens with one attached hydrogen (secondary N) is 1. The summed E-state index contributed by atoms with van der Waals surface area (Å²) in [5.74, 6) is 0. The summed E-state index contributed by atoms with van der Waals surface area (Å²) in [6.07, 6.45) is 1.82. The van der Waals surface area contributed by atoms with E-state index < -0.39 is 0 Å². The maximum atomic E-state index is 5.52. The standard InChI is InChI=1S/C15H17N3OS2/c1-19-9-8-18-14(12-6-4-10-21-12)13(17-15(18)20)11-5-2-3-7-16-11/h2-7,10,13-14H,8-9H2,1H3,(H,17,20). The third-order valence-corrected chi connectivity index (χ3v) is 4.86. The normalized spacial score (nSPS) is 21.6. The topological polar surface area (TPSA) is 37.4 Å². The lowest BCUT2D eigenvalue weighted by Gasteiger charge is -2.26. The van der Waals surface area contributed by atoms with Crippen molar-refractivity contribution in [3.8, 4) is 0 Å². The largest absolute Gasteiger partial charge is 0.383 e. The predicted octanol–water partition coefficient (Wildman–Crippen LogP) is 2.76. The van der Waals surface area contributed by atoms with Crippen LogP contribution in [0.3, 0.4) is 0 Å². The molecule has 0 saturated carbocycles. The van der Waals surface area contributed by atoms with Gasteiger partial charge in [0.05, 0.1) is 24.4 Å². The molecule has 2 aromatic rings. The fourth-order valence-electron chi connectivity index (χ4n) is 2.60. The van der Waals surface area contributed by atoms with Gasteiger partial charge in [0.15, 0.2) is 5.11 Å². The first-order chi connectivity index (χ1) is 10.3. The van der Waals surface area contributed by atoms with E-state index in [1.54, 1.807) is 18.4 Å². The summed E-state index contributed by atoms with van der Waals surface area (Å²) in [7, 11) is 1.71. The number of rotatable bonds is 5. The van der Waals surface area contributed by atoms with Crippen molar-refractivity contribution in [3.05, 3.63) is 52.5 Å². The van der Waals surface area contributed by atoms with Crippen LogP contribution < -0.4 is 5.32 Å². The van der Waals surface area contributed by atoms with Crippen molar-refractivity contribution in [2.24, 2.45) is 0 Å². The zero-order valence-electron chi connectivity index (χ0n) is 11.7. The van der Waals surface area contributed by atoms with Gasteiger partial charge >= 0.3 is 0 Å². The third kappa shape index (κ3) is 2.92. The number of methoxy groups -OCH3 is 1. The Morgan fingerprint density at radius 2 is 2.29 bits per heavy atom. The van der Waals surface area contributed by atoms with Gasteiger partial charge in [0.1, 0.15) is 0 Å². The second kappa shape index (κ2) is 6.51. The van der Waals surface area contributed by atoms with Crippen molar-refractivity contribution in [2.75, 3.05) is 20.3 Å². The fraction of sp³-hybridized carbons (Fsp3) is 0.333. The molecule has 0 bridgehead atoms. The third-order valence-electron chi connectivity index (χ3n) is 3.57. The van der Waals surface area contributed by atoms with Gasteiger partial charge in [-0.15, -0.1) is 11.3 Å². The number of thiophene rings is 1. The van der Waals surface area contributed by atoms with E-state index in [4.69, 9.17) is 17.0 Å². The molecule has 4 nitrogen and oxygen atoms in total. The van der Waals surface area contributed by atoms with Gasteiger partial charge in [0, 0.05) is 24.7 Å². The number of hydrogen-bond donors (Lipinski definition) is 1. The summed E-state index contributed by atoms with van der Waals surface area (Å²) in [5, 5.41) is 6.28. The summed E-state index contributed by atoms with van der Waals surface area (Å²) in [6, 6.07) is 10.5. The van der Waals surface area contributed by atoms with E-state index >= 15 is 0 Å². The average Bonchev–Trinajstić information content (AvgIpc) is 3.13. The Balaban J connectivity index is 1.94. The molecule has 2 unspecified atom stereocenters. The Hall–Kier alpha value is -1.50. The summed E-state index contributed by atoms with van der Waals surface area (Å²) in [5.41, 5.74) is 1.01. The average molecular weight is 319 g/mol. The summed E-state index contributed by atoms with van der Waals surface area (Å²) >= 11 is 7.27. The van der Waals surface area contributed by atoms with Gasteiger partial charge in [-0.2, -0.15) is 0 Å². The molecule has 2 atom stereocenters. The van der Waals surface area contributed by atoms with Gasteiger partial charge in [-0.05, 0) is 35.8 Å². The first-order valence-electron chi connectivity index (χ1n) is 6.81. The lowest BCUT2D eigenvalue weighted by Crippen LogP contribution is -2.32. The molecule has 6 heteroatoms. The highest BCUT2D eigenvalue weighted by Crippen LogP contribution is 2.39. The minimum atomic E-state index is 0.0780. The van der Waals surface area contributed by atoms with Gasteiger partial charge in [0.2, 0.25) is 0 Å². The van der Waals surface area contributed by atoms with E-state index in [1.807, 2.05) is 24.4 Å². The van der Waals surface area contributed by atoms with Crippen molar-refractivity contribution in [1.29, 1.82) is 0 Å². The predicted molar refractivity (Wildman–Crippen MR) is 88.4 cm³/mol. The summed E-state index contributed by atoms with van der Waals surface area (Å²) in [4.78, 5) is 7.98. The van der Waals surface area contributed by atoms with E-state index in [1.165, 1.54) is 4.88 Å². The quantitative estimate of drug-likeness (QED) is 0.858. The molecule has 1 aliphatic rings. The van der Waals surface area contributed by atoms with Crippen molar-refractivity contribution >= 4 is 28.7 Å². The van der Waals surface area contributed by atoms with E-state index in [9.17, 15) is 0 Å². The summed E-state index contributed by atoms with van der Waals surface area (Å²) < 4.78 is 5.22. The second-order valence-electron chi connectivity index (χ2n) is 4.83. The Kier molecular flexibility index (Phi) is 4.48. The van der Waals surface area contributed by atoms with E-state index in [0.29, 0.717) is 6.61 Å². The van der Waals surface area contributed by atoms with Crippen LogP contribution >= 0.6 is 23.6 Å². The molecule has 1 saturated heterocycles. The number of pyridine rings is 1. The van der Waals surface area contributed by atoms with Crippen molar-refractivity contribution in [2.45, 2.75) is 12.1 Å². The van der Waals surface area contributed by atoms with Gasteiger partial charge in [-0.25, -0.2) is 0 Å². The molecule has 21 heavy (non-hydrogen) atoms. The van der Waals surface area contributed by atoms with Crippen molar-refractivity contribution in [3.63, 3.8) is 0 Å². The zero-order chi connectivity index (χ0) is 14.7. The van der Waals surface area contributed by atoms with Crippen LogP contribution in [0.25, 0.3) is 0 Å². The van der Waals surface area contributed by atoms with Crippen LogP contribution in [0.5, 0.6) is 0 Å². The molecular formula is C15H17N3OS2. The molecule has 0 aliphatic carbocycles. The van der Waals surface area contributed by atoms with Gasteiger partial charge < -0.3 is 15.0 Å². The number of hydrogen-bond acceptors (Lipinski definition) is 4. The molecule has 0 amide bonds. The SMILES string of the molecule is COCCN1C(=S)NC(c2ccccn2)C1c1cccs1. The second-order valence-corrected chi connectivity index (χ2v) is 6.19. The molecule has 110 valence electrons. The Morgan fingerprint density at radius 3 is 2.95 bits per heavy atom. The smallest absolute Gasteiger partial charge is 0.170 e. The number of thiocarbonyl (C=S) groups is 1. The maximum Gasteiger partial charge on any atom is 0.170 e. The maximum absolute atomic E-state index is 5.52. The summed E-state index contributed by atoms with van der Waals surface area (Å²) in [6.45, 7) is 1.42. The first kappa shape index (κ1) is 14.4. The van der Waals surface area contributed by atoms with E-state index in [2.05, 4.69) is 32.7 Å². The molecule has 0 spiro atoms. The van der Waals surface area contributed by atoms with Crippen LogP contribution in [0.15, 0.2) is 41.9 Å². The number of aromatic nitrogens is 1. The first-order valence-corrected chi connectivity index (χ1v) is 8.10. The van der Waals surface area contributed by atoms with Gasteiger partial charge in [-0.1, -0.05) is 12.1 Å². The molecule has 0 radical (unpaired) electrons. The molecule has 0 aromatic carbocycles. The molecule has 3 rings (SSSR count). The van der Waals surface area contributed by atoms with Crippen LogP contribution in [0.2, 0.25) is 0 Å². The Morgan fingerprint density at radius 1 is 1.38 bits per heavy atom. The van der Waals surface area contributed by atoms with Crippen LogP contribution in [-0.4, -0.2) is 35.3 Å². The van der Waals surface area contributed by atoms with E-state index in [0.717, 1.165) is 17.4 Å². The fourth-order valence-corrected chi connectivity index (χ4v) is 3.81. The van der Waals surface area contributed by atoms with Crippen LogP contribution in [0, 0.1) is 0 Å². The molecule has 1 N–H and O–H groups in total. The van der Waals surface area contributed by atoms with Crippen LogP contribution in [0.4, 0.5) is 0 Å². The van der Waals surface area contributed by atoms with Gasteiger partial charge in [-0.3, -0.25) is 4.98 Å². The molecular weight excluding hydrogens is 302 g/mol. The molecule has 2 aromatic heterocycles. The molecule has 1 fully saturated rings. The minimum Gasteiger partial charge on any atom is -0.383 e. The molecule has 1 aliphatic heterocycles. The van der Waals surface area contributed by atoms with E-state index in [-0.39, 0.29) is 12.1 Å². The highest BCUT2D eigenvalue weighted by Gasteiger charge is 2.39. The monoisotopic (exact) mass is 319 g/mol. The lowest BCUT2D eigenvalue weighted by atomic mass is 10.0. The number of ether oxygens (including phenoxy) is 1. The van der Waals surface area contributed by atoms with Crippen LogP contribution in [-0.2, 0) is 4.74 Å². The highest BCUT2D eigenvalue weighted by molar-refractivity contribution is 7.80.